The van der Waals surface area contributed by atoms with Crippen LogP contribution in [-0.4, -0.2) is 8.42 Å². The fourth-order valence-corrected chi connectivity index (χ4v) is 13.6. The van der Waals surface area contributed by atoms with Crippen molar-refractivity contribution < 1.29 is 20.3 Å². The number of hydrogen-bond acceptors (Lipinski definition) is 3. The van der Waals surface area contributed by atoms with E-state index in [-0.39, 0.29) is 10.5 Å². The van der Waals surface area contributed by atoms with E-state index >= 15 is 0 Å². The molecule has 3 nitrogen and oxygen atoms in total. The van der Waals surface area contributed by atoms with E-state index in [4.69, 9.17) is 3.07 Å². The van der Waals surface area contributed by atoms with Crippen LogP contribution in [0.4, 0.5) is 8.78 Å². The molecule has 0 unspecified atom stereocenters. The summed E-state index contributed by atoms with van der Waals surface area (Å²) in [4.78, 5) is 0.177. The summed E-state index contributed by atoms with van der Waals surface area (Å²) in [5, 5.41) is 0. The maximum absolute atomic E-state index is 13.3. The Morgan fingerprint density at radius 1 is 1.04 bits per heavy atom. The summed E-state index contributed by atoms with van der Waals surface area (Å²) in [6, 6.07) is 12.5. The predicted octanol–water partition coefficient (Wildman–Crippen LogP) is 4.87. The molecule has 0 aliphatic carbocycles. The van der Waals surface area contributed by atoms with Crippen molar-refractivity contribution in [1.29, 1.82) is 0 Å². The Morgan fingerprint density at radius 3 is 2.30 bits per heavy atom. The van der Waals surface area contributed by atoms with Crippen LogP contribution < -0.4 is 0 Å². The summed E-state index contributed by atoms with van der Waals surface area (Å²) >= 11 is -3.19. The molecule has 0 fully saturated rings. The number of alkyl halides is 2. The van der Waals surface area contributed by atoms with E-state index in [9.17, 15) is 17.2 Å². The van der Waals surface area contributed by atoms with E-state index in [1.807, 2.05) is 0 Å². The topological polar surface area (TPSA) is 43.4 Å². The second-order valence-electron chi connectivity index (χ2n) is 5.56. The molecule has 1 heterocycles. The molecule has 0 saturated heterocycles. The first-order valence-corrected chi connectivity index (χ1v) is 12.9. The van der Waals surface area contributed by atoms with Gasteiger partial charge in [-0.15, -0.1) is 0 Å². The first kappa shape index (κ1) is 16.8. The van der Waals surface area contributed by atoms with Crippen molar-refractivity contribution in [3.8, 4) is 0 Å². The number of halogens is 3. The van der Waals surface area contributed by atoms with Gasteiger partial charge in [0.1, 0.15) is 0 Å². The van der Waals surface area contributed by atoms with E-state index in [2.05, 4.69) is 0 Å². The summed E-state index contributed by atoms with van der Waals surface area (Å²) in [5.74, 6) is 0. The molecule has 0 aromatic heterocycles. The quantitative estimate of drug-likeness (QED) is 0.493. The van der Waals surface area contributed by atoms with Crippen molar-refractivity contribution in [1.82, 2.24) is 0 Å². The SMILES string of the molecule is CC1(C)OI(S(=O)(=O)c2ccccc2)c2cccc(C(F)F)c21. The number of fused-ring (bicyclic) bond motifs is 1. The standard InChI is InChI=1S/C16H15F2IO3S/c1-16(2)14-12(15(17)18)9-6-10-13(14)19(22-16)23(20,21)11-7-4-3-5-8-11/h3-10,15H,1-2H3. The van der Waals surface area contributed by atoms with Crippen LogP contribution >= 0.6 is 18.8 Å². The molecule has 124 valence electrons. The van der Waals surface area contributed by atoms with E-state index in [1.165, 1.54) is 24.3 Å². The first-order chi connectivity index (χ1) is 10.7. The zero-order valence-electron chi connectivity index (χ0n) is 12.5. The van der Waals surface area contributed by atoms with Crippen molar-refractivity contribution in [2.75, 3.05) is 0 Å². The van der Waals surface area contributed by atoms with E-state index < -0.39 is 37.9 Å². The van der Waals surface area contributed by atoms with Gasteiger partial charge in [-0.3, -0.25) is 0 Å². The van der Waals surface area contributed by atoms with Gasteiger partial charge >= 0.3 is 140 Å². The minimum absolute atomic E-state index is 0.143. The molecule has 1 aliphatic heterocycles. The van der Waals surface area contributed by atoms with Crippen molar-refractivity contribution in [3.63, 3.8) is 0 Å². The number of benzene rings is 2. The maximum atomic E-state index is 13.3. The fourth-order valence-electron chi connectivity index (χ4n) is 2.56. The Kier molecular flexibility index (Phi) is 4.22. The molecule has 0 radical (unpaired) electrons. The Bertz CT molecular complexity index is 836. The molecule has 0 atom stereocenters. The second kappa shape index (κ2) is 5.78. The zero-order valence-corrected chi connectivity index (χ0v) is 15.4. The molecule has 2 aromatic carbocycles. The molecule has 0 spiro atoms. The summed E-state index contributed by atoms with van der Waals surface area (Å²) in [6.45, 7) is 3.30. The summed E-state index contributed by atoms with van der Waals surface area (Å²) in [7, 11) is -3.68. The summed E-state index contributed by atoms with van der Waals surface area (Å²) in [5.41, 5.74) is -0.843. The van der Waals surface area contributed by atoms with Crippen molar-refractivity contribution in [2.45, 2.75) is 30.8 Å². The van der Waals surface area contributed by atoms with Gasteiger partial charge in [-0.05, 0) is 0 Å². The Balaban J connectivity index is 2.19. The zero-order chi connectivity index (χ0) is 16.8. The van der Waals surface area contributed by atoms with Gasteiger partial charge in [0.05, 0.1) is 0 Å². The van der Waals surface area contributed by atoms with Crippen LogP contribution in [0.1, 0.15) is 31.4 Å². The first-order valence-electron chi connectivity index (χ1n) is 6.87. The Morgan fingerprint density at radius 2 is 1.70 bits per heavy atom. The minimum atomic E-state index is -3.68. The van der Waals surface area contributed by atoms with Crippen LogP contribution in [0, 0.1) is 3.57 Å². The molecule has 0 amide bonds. The molecule has 2 aromatic rings. The van der Waals surface area contributed by atoms with Crippen LogP contribution in [0.5, 0.6) is 0 Å². The monoisotopic (exact) mass is 452 g/mol. The average Bonchev–Trinajstić information content (AvgIpc) is 2.80. The third-order valence-corrected chi connectivity index (χ3v) is 14.3. The van der Waals surface area contributed by atoms with Crippen molar-refractivity contribution >= 4 is 25.9 Å². The van der Waals surface area contributed by atoms with Crippen LogP contribution in [0.15, 0.2) is 53.4 Å². The third-order valence-electron chi connectivity index (χ3n) is 3.52. The van der Waals surface area contributed by atoms with Crippen molar-refractivity contribution in [2.24, 2.45) is 0 Å². The van der Waals surface area contributed by atoms with Crippen LogP contribution in [0.2, 0.25) is 0 Å². The van der Waals surface area contributed by atoms with Crippen LogP contribution in [0.3, 0.4) is 0 Å². The van der Waals surface area contributed by atoms with Gasteiger partial charge in [0.15, 0.2) is 0 Å². The molecule has 7 heteroatoms. The molecular weight excluding hydrogens is 437 g/mol. The van der Waals surface area contributed by atoms with Gasteiger partial charge in [-0.1, -0.05) is 0 Å². The molecular formula is C16H15F2IO3S. The molecule has 0 saturated carbocycles. The summed E-state index contributed by atoms with van der Waals surface area (Å²) < 4.78 is 58.8. The van der Waals surface area contributed by atoms with Gasteiger partial charge < -0.3 is 0 Å². The van der Waals surface area contributed by atoms with Gasteiger partial charge in [0.25, 0.3) is 0 Å². The van der Waals surface area contributed by atoms with Gasteiger partial charge in [0.2, 0.25) is 0 Å². The molecule has 0 bridgehead atoms. The van der Waals surface area contributed by atoms with E-state index in [0.717, 1.165) is 0 Å². The summed E-state index contributed by atoms with van der Waals surface area (Å²) in [6.07, 6.45) is -2.66. The number of rotatable bonds is 3. The molecule has 3 rings (SSSR count). The van der Waals surface area contributed by atoms with Crippen molar-refractivity contribution in [3.05, 3.63) is 63.2 Å². The normalized spacial score (nSPS) is 18.2. The molecule has 0 N–H and O–H groups in total. The van der Waals surface area contributed by atoms with Crippen LogP contribution in [-0.2, 0) is 15.7 Å². The van der Waals surface area contributed by atoms with Gasteiger partial charge in [0, 0.05) is 0 Å². The fraction of sp³-hybridized carbons (Fsp3) is 0.250. The second-order valence-corrected chi connectivity index (χ2v) is 15.1. The average molecular weight is 452 g/mol. The van der Waals surface area contributed by atoms with Gasteiger partial charge in [-0.2, -0.15) is 0 Å². The molecule has 23 heavy (non-hydrogen) atoms. The van der Waals surface area contributed by atoms with E-state index in [1.54, 1.807) is 38.1 Å². The van der Waals surface area contributed by atoms with E-state index in [0.29, 0.717) is 9.13 Å². The van der Waals surface area contributed by atoms with Gasteiger partial charge in [-0.25, -0.2) is 0 Å². The van der Waals surface area contributed by atoms with Crippen LogP contribution in [0.25, 0.3) is 0 Å². The number of hydrogen-bond donors (Lipinski definition) is 0. The predicted molar refractivity (Wildman–Crippen MR) is 91.9 cm³/mol. The Labute approximate surface area is 140 Å². The molecule has 1 aliphatic rings. The Hall–Kier alpha value is -1.06. The third kappa shape index (κ3) is 2.78.